The van der Waals surface area contributed by atoms with Crippen LogP contribution in [0.4, 0.5) is 4.39 Å². The van der Waals surface area contributed by atoms with Gasteiger partial charge in [-0.3, -0.25) is 0 Å². The van der Waals surface area contributed by atoms with E-state index in [-0.39, 0.29) is 5.82 Å². The third-order valence-corrected chi connectivity index (χ3v) is 3.48. The van der Waals surface area contributed by atoms with E-state index < -0.39 is 0 Å². The first-order chi connectivity index (χ1) is 9.17. The molecule has 0 fully saturated rings. The first kappa shape index (κ1) is 12.2. The van der Waals surface area contributed by atoms with Gasteiger partial charge in [0, 0.05) is 18.0 Å². The molecule has 5 heteroatoms. The zero-order chi connectivity index (χ0) is 13.4. The number of nitrogens with zero attached hydrogens (tertiary/aromatic N) is 2. The lowest BCUT2D eigenvalue weighted by Crippen LogP contribution is -1.85. The van der Waals surface area contributed by atoms with Gasteiger partial charge in [0.15, 0.2) is 0 Å². The van der Waals surface area contributed by atoms with Crippen LogP contribution in [0.25, 0.3) is 16.9 Å². The van der Waals surface area contributed by atoms with E-state index in [1.807, 2.05) is 18.2 Å². The molecular weight excluding hydrogens is 311 g/mol. The van der Waals surface area contributed by atoms with Crippen molar-refractivity contribution in [2.24, 2.45) is 0 Å². The lowest BCUT2D eigenvalue weighted by atomic mass is 10.2. The summed E-state index contributed by atoms with van der Waals surface area (Å²) in [7, 11) is 1.62. The molecule has 19 heavy (non-hydrogen) atoms. The SMILES string of the molecule is COc1ccc(-c2cn3cc(F)ccc3n2)cc1Br. The summed E-state index contributed by atoms with van der Waals surface area (Å²) in [6.07, 6.45) is 3.21. The maximum Gasteiger partial charge on any atom is 0.139 e. The summed E-state index contributed by atoms with van der Waals surface area (Å²) in [5, 5.41) is 0. The fourth-order valence-corrected chi connectivity index (χ4v) is 2.47. The fourth-order valence-electron chi connectivity index (χ4n) is 1.93. The van der Waals surface area contributed by atoms with Crippen LogP contribution in [0.1, 0.15) is 0 Å². The first-order valence-corrected chi connectivity index (χ1v) is 6.45. The summed E-state index contributed by atoms with van der Waals surface area (Å²) in [5.74, 6) is 0.478. The van der Waals surface area contributed by atoms with Crippen LogP contribution in [0.2, 0.25) is 0 Å². The second-order valence-electron chi connectivity index (χ2n) is 4.09. The summed E-state index contributed by atoms with van der Waals surface area (Å²) in [6, 6.07) is 8.76. The highest BCUT2D eigenvalue weighted by Gasteiger charge is 2.07. The third kappa shape index (κ3) is 2.21. The van der Waals surface area contributed by atoms with Crippen LogP contribution in [0.15, 0.2) is 47.2 Å². The van der Waals surface area contributed by atoms with Crippen molar-refractivity contribution < 1.29 is 9.13 Å². The topological polar surface area (TPSA) is 26.5 Å². The molecule has 0 atom stereocenters. The molecule has 3 rings (SSSR count). The number of methoxy groups -OCH3 is 1. The van der Waals surface area contributed by atoms with Crippen LogP contribution in [-0.2, 0) is 0 Å². The van der Waals surface area contributed by atoms with Gasteiger partial charge in [0.2, 0.25) is 0 Å². The lowest BCUT2D eigenvalue weighted by Gasteiger charge is -2.04. The highest BCUT2D eigenvalue weighted by atomic mass is 79.9. The number of fused-ring (bicyclic) bond motifs is 1. The van der Waals surface area contributed by atoms with Gasteiger partial charge < -0.3 is 9.14 Å². The van der Waals surface area contributed by atoms with Crippen LogP contribution in [-0.4, -0.2) is 16.5 Å². The molecule has 0 aliphatic rings. The van der Waals surface area contributed by atoms with E-state index in [0.29, 0.717) is 5.65 Å². The van der Waals surface area contributed by atoms with Gasteiger partial charge in [-0.25, -0.2) is 9.37 Å². The Hall–Kier alpha value is -1.88. The molecule has 2 aromatic heterocycles. The van der Waals surface area contributed by atoms with E-state index in [4.69, 9.17) is 4.74 Å². The molecule has 0 spiro atoms. The summed E-state index contributed by atoms with van der Waals surface area (Å²) >= 11 is 3.44. The highest BCUT2D eigenvalue weighted by Crippen LogP contribution is 2.30. The number of pyridine rings is 1. The molecule has 0 amide bonds. The smallest absolute Gasteiger partial charge is 0.139 e. The van der Waals surface area contributed by atoms with Crippen LogP contribution in [0.3, 0.4) is 0 Å². The summed E-state index contributed by atoms with van der Waals surface area (Å²) in [5.41, 5.74) is 2.44. The summed E-state index contributed by atoms with van der Waals surface area (Å²) in [4.78, 5) is 4.46. The molecule has 0 saturated carbocycles. The Kier molecular flexibility index (Phi) is 2.98. The van der Waals surface area contributed by atoms with Crippen LogP contribution >= 0.6 is 15.9 Å². The van der Waals surface area contributed by atoms with Crippen LogP contribution < -0.4 is 4.74 Å². The maximum atomic E-state index is 13.1. The van der Waals surface area contributed by atoms with Crippen molar-refractivity contribution in [1.82, 2.24) is 9.38 Å². The van der Waals surface area contributed by atoms with Crippen molar-refractivity contribution >= 4 is 21.6 Å². The fraction of sp³-hybridized carbons (Fsp3) is 0.0714. The molecule has 0 unspecified atom stereocenters. The van der Waals surface area contributed by atoms with Gasteiger partial charge in [-0.15, -0.1) is 0 Å². The average molecular weight is 321 g/mol. The summed E-state index contributed by atoms with van der Waals surface area (Å²) in [6.45, 7) is 0. The van der Waals surface area contributed by atoms with Gasteiger partial charge in [0.05, 0.1) is 17.3 Å². The Bertz CT molecular complexity index is 754. The Morgan fingerprint density at radius 2 is 2.05 bits per heavy atom. The van der Waals surface area contributed by atoms with Gasteiger partial charge in [0.25, 0.3) is 0 Å². The Morgan fingerprint density at radius 3 is 2.79 bits per heavy atom. The number of rotatable bonds is 2. The van der Waals surface area contributed by atoms with Crippen LogP contribution in [0, 0.1) is 5.82 Å². The Labute approximate surface area is 117 Å². The second kappa shape index (κ2) is 4.66. The zero-order valence-electron chi connectivity index (χ0n) is 10.1. The molecule has 2 heterocycles. The van der Waals surface area contributed by atoms with Crippen molar-refractivity contribution in [3.8, 4) is 17.0 Å². The minimum Gasteiger partial charge on any atom is -0.496 e. The van der Waals surface area contributed by atoms with E-state index in [0.717, 1.165) is 21.5 Å². The number of benzene rings is 1. The molecule has 96 valence electrons. The monoisotopic (exact) mass is 320 g/mol. The van der Waals surface area contributed by atoms with E-state index in [1.165, 1.54) is 12.3 Å². The minimum absolute atomic E-state index is 0.285. The second-order valence-corrected chi connectivity index (χ2v) is 4.94. The number of halogens is 2. The zero-order valence-corrected chi connectivity index (χ0v) is 11.7. The quantitative estimate of drug-likeness (QED) is 0.715. The number of ether oxygens (including phenoxy) is 1. The first-order valence-electron chi connectivity index (χ1n) is 5.65. The van der Waals surface area contributed by atoms with Gasteiger partial charge in [-0.1, -0.05) is 0 Å². The maximum absolute atomic E-state index is 13.1. The molecule has 0 bridgehead atoms. The average Bonchev–Trinajstić information content (AvgIpc) is 2.81. The molecule has 0 aliphatic carbocycles. The van der Waals surface area contributed by atoms with Crippen molar-refractivity contribution in [3.63, 3.8) is 0 Å². The number of aromatic nitrogens is 2. The molecule has 3 aromatic rings. The minimum atomic E-state index is -0.285. The van der Waals surface area contributed by atoms with E-state index >= 15 is 0 Å². The van der Waals surface area contributed by atoms with Crippen LogP contribution in [0.5, 0.6) is 5.75 Å². The normalized spacial score (nSPS) is 10.9. The standard InChI is InChI=1S/C14H10BrFN2O/c1-19-13-4-2-9(6-11(13)15)12-8-18-7-10(16)3-5-14(18)17-12/h2-8H,1H3. The van der Waals surface area contributed by atoms with Crippen molar-refractivity contribution in [2.45, 2.75) is 0 Å². The van der Waals surface area contributed by atoms with Crippen molar-refractivity contribution in [3.05, 3.63) is 53.0 Å². The van der Waals surface area contributed by atoms with Gasteiger partial charge >= 0.3 is 0 Å². The van der Waals surface area contributed by atoms with E-state index in [9.17, 15) is 4.39 Å². The molecule has 0 N–H and O–H groups in total. The number of imidazole rings is 1. The van der Waals surface area contributed by atoms with Gasteiger partial charge in [0.1, 0.15) is 17.2 Å². The lowest BCUT2D eigenvalue weighted by molar-refractivity contribution is 0.412. The molecule has 0 radical (unpaired) electrons. The van der Waals surface area contributed by atoms with Gasteiger partial charge in [-0.05, 0) is 46.3 Å². The summed E-state index contributed by atoms with van der Waals surface area (Å²) < 4.78 is 20.9. The van der Waals surface area contributed by atoms with Crippen molar-refractivity contribution in [2.75, 3.05) is 7.11 Å². The predicted molar refractivity (Wildman–Crippen MR) is 74.8 cm³/mol. The molecule has 3 nitrogen and oxygen atoms in total. The highest BCUT2D eigenvalue weighted by molar-refractivity contribution is 9.10. The van der Waals surface area contributed by atoms with E-state index in [2.05, 4.69) is 20.9 Å². The Balaban J connectivity index is 2.11. The number of hydrogen-bond acceptors (Lipinski definition) is 2. The molecule has 1 aromatic carbocycles. The van der Waals surface area contributed by atoms with Gasteiger partial charge in [-0.2, -0.15) is 0 Å². The van der Waals surface area contributed by atoms with Crippen molar-refractivity contribution in [1.29, 1.82) is 0 Å². The third-order valence-electron chi connectivity index (χ3n) is 2.86. The number of hydrogen-bond donors (Lipinski definition) is 0. The van der Waals surface area contributed by atoms with E-state index in [1.54, 1.807) is 23.8 Å². The molecule has 0 aliphatic heterocycles. The predicted octanol–water partition coefficient (Wildman–Crippen LogP) is 3.91. The largest absolute Gasteiger partial charge is 0.496 e. The Morgan fingerprint density at radius 1 is 1.21 bits per heavy atom. The molecule has 0 saturated heterocycles. The molecular formula is C14H10BrFN2O.